The summed E-state index contributed by atoms with van der Waals surface area (Å²) in [5.74, 6) is 0.363. The van der Waals surface area contributed by atoms with Crippen molar-refractivity contribution in [2.75, 3.05) is 0 Å². The molecular formula is C18H19FN2O. The summed E-state index contributed by atoms with van der Waals surface area (Å²) in [5.41, 5.74) is 2.33. The molecule has 3 nitrogen and oxygen atoms in total. The molecule has 1 aromatic heterocycles. The molecule has 22 heavy (non-hydrogen) atoms. The van der Waals surface area contributed by atoms with E-state index < -0.39 is 6.10 Å². The summed E-state index contributed by atoms with van der Waals surface area (Å²) in [7, 11) is 0. The molecule has 0 saturated carbocycles. The number of imidazole rings is 1. The minimum Gasteiger partial charge on any atom is -0.385 e. The van der Waals surface area contributed by atoms with Gasteiger partial charge in [-0.3, -0.25) is 0 Å². The third-order valence-corrected chi connectivity index (χ3v) is 3.83. The maximum atomic E-state index is 14.0. The summed E-state index contributed by atoms with van der Waals surface area (Å²) in [4.78, 5) is 4.55. The number of benzene rings is 2. The Morgan fingerprint density at radius 1 is 1.14 bits per heavy atom. The second-order valence-electron chi connectivity index (χ2n) is 5.44. The highest BCUT2D eigenvalue weighted by Gasteiger charge is 2.18. The van der Waals surface area contributed by atoms with Crippen LogP contribution in [0.2, 0.25) is 0 Å². The summed E-state index contributed by atoms with van der Waals surface area (Å²) in [6.45, 7) is 2.39. The molecule has 1 N–H and O–H groups in total. The van der Waals surface area contributed by atoms with Gasteiger partial charge in [0, 0.05) is 5.56 Å². The Morgan fingerprint density at radius 3 is 2.64 bits per heavy atom. The van der Waals surface area contributed by atoms with Gasteiger partial charge in [0.25, 0.3) is 0 Å². The number of hydrogen-bond acceptors (Lipinski definition) is 2. The molecule has 4 heteroatoms. The number of aliphatic hydroxyl groups is 1. The average Bonchev–Trinajstić information content (AvgIpc) is 2.89. The van der Waals surface area contributed by atoms with Gasteiger partial charge in [-0.1, -0.05) is 43.7 Å². The van der Waals surface area contributed by atoms with Gasteiger partial charge in [0.15, 0.2) is 0 Å². The van der Waals surface area contributed by atoms with E-state index in [1.54, 1.807) is 12.1 Å². The highest BCUT2D eigenvalue weighted by molar-refractivity contribution is 5.76. The van der Waals surface area contributed by atoms with Gasteiger partial charge in [-0.05, 0) is 24.6 Å². The average molecular weight is 298 g/mol. The van der Waals surface area contributed by atoms with Crippen LogP contribution in [0.15, 0.2) is 48.5 Å². The van der Waals surface area contributed by atoms with Crippen LogP contribution in [0.25, 0.3) is 11.0 Å². The molecule has 0 bridgehead atoms. The zero-order chi connectivity index (χ0) is 15.5. The zero-order valence-corrected chi connectivity index (χ0v) is 12.5. The van der Waals surface area contributed by atoms with Crippen LogP contribution >= 0.6 is 0 Å². The number of halogens is 1. The predicted molar refractivity (Wildman–Crippen MR) is 85.1 cm³/mol. The largest absolute Gasteiger partial charge is 0.385 e. The standard InChI is InChI=1S/C18H19FN2O/c1-2-7-17(22)18-20-15-10-5-6-11-16(15)21(18)12-13-8-3-4-9-14(13)19/h3-6,8-11,17,22H,2,7,12H2,1H3. The number of fused-ring (bicyclic) bond motifs is 1. The van der Waals surface area contributed by atoms with Crippen molar-refractivity contribution in [3.8, 4) is 0 Å². The highest BCUT2D eigenvalue weighted by Crippen LogP contribution is 2.25. The molecule has 0 spiro atoms. The van der Waals surface area contributed by atoms with Crippen molar-refractivity contribution >= 4 is 11.0 Å². The molecule has 0 radical (unpaired) electrons. The van der Waals surface area contributed by atoms with Crippen LogP contribution in [0.3, 0.4) is 0 Å². The quantitative estimate of drug-likeness (QED) is 0.771. The topological polar surface area (TPSA) is 38.1 Å². The van der Waals surface area contributed by atoms with Gasteiger partial charge < -0.3 is 9.67 Å². The molecule has 2 aromatic carbocycles. The highest BCUT2D eigenvalue weighted by atomic mass is 19.1. The lowest BCUT2D eigenvalue weighted by molar-refractivity contribution is 0.153. The van der Waals surface area contributed by atoms with Crippen molar-refractivity contribution in [2.24, 2.45) is 0 Å². The van der Waals surface area contributed by atoms with E-state index in [0.717, 1.165) is 17.5 Å². The van der Waals surface area contributed by atoms with Gasteiger partial charge in [0.1, 0.15) is 17.7 Å². The van der Waals surface area contributed by atoms with Crippen molar-refractivity contribution in [3.05, 3.63) is 65.7 Å². The molecule has 1 heterocycles. The first-order valence-electron chi connectivity index (χ1n) is 7.57. The van der Waals surface area contributed by atoms with Gasteiger partial charge in [-0.25, -0.2) is 9.37 Å². The molecule has 3 rings (SSSR count). The molecule has 114 valence electrons. The summed E-state index contributed by atoms with van der Waals surface area (Å²) in [6, 6.07) is 14.4. The van der Waals surface area contributed by atoms with Crippen LogP contribution in [0.5, 0.6) is 0 Å². The van der Waals surface area contributed by atoms with E-state index in [1.165, 1.54) is 6.07 Å². The van der Waals surface area contributed by atoms with Crippen LogP contribution in [-0.2, 0) is 6.54 Å². The number of hydrogen-bond donors (Lipinski definition) is 1. The first-order chi connectivity index (χ1) is 10.7. The number of nitrogens with zero attached hydrogens (tertiary/aromatic N) is 2. The fourth-order valence-corrected chi connectivity index (χ4v) is 2.71. The van der Waals surface area contributed by atoms with Gasteiger partial charge >= 0.3 is 0 Å². The van der Waals surface area contributed by atoms with E-state index in [2.05, 4.69) is 4.98 Å². The van der Waals surface area contributed by atoms with E-state index >= 15 is 0 Å². The normalized spacial score (nSPS) is 12.7. The third kappa shape index (κ3) is 2.74. The number of aliphatic hydroxyl groups excluding tert-OH is 1. The molecule has 1 unspecified atom stereocenters. The fraction of sp³-hybridized carbons (Fsp3) is 0.278. The van der Waals surface area contributed by atoms with Crippen LogP contribution in [0.4, 0.5) is 4.39 Å². The van der Waals surface area contributed by atoms with Gasteiger partial charge in [-0.2, -0.15) is 0 Å². The van der Waals surface area contributed by atoms with Gasteiger partial charge in [0.05, 0.1) is 17.6 Å². The van der Waals surface area contributed by atoms with Crippen molar-refractivity contribution in [2.45, 2.75) is 32.4 Å². The minimum absolute atomic E-state index is 0.240. The lowest BCUT2D eigenvalue weighted by Crippen LogP contribution is -2.10. The van der Waals surface area contributed by atoms with Crippen LogP contribution in [0, 0.1) is 5.82 Å². The van der Waals surface area contributed by atoms with E-state index in [4.69, 9.17) is 0 Å². The molecule has 3 aromatic rings. The predicted octanol–water partition coefficient (Wildman–Crippen LogP) is 4.06. The second-order valence-corrected chi connectivity index (χ2v) is 5.44. The maximum Gasteiger partial charge on any atom is 0.139 e. The van der Waals surface area contributed by atoms with Crippen LogP contribution in [-0.4, -0.2) is 14.7 Å². The summed E-state index contributed by atoms with van der Waals surface area (Å²) in [5, 5.41) is 10.4. The molecular weight excluding hydrogens is 279 g/mol. The van der Waals surface area contributed by atoms with E-state index in [1.807, 2.05) is 41.8 Å². The van der Waals surface area contributed by atoms with Crippen molar-refractivity contribution < 1.29 is 9.50 Å². The second kappa shape index (κ2) is 6.28. The molecule has 0 amide bonds. The first-order valence-corrected chi connectivity index (χ1v) is 7.57. The number of rotatable bonds is 5. The summed E-state index contributed by atoms with van der Waals surface area (Å²) in [6.07, 6.45) is 0.870. The Balaban J connectivity index is 2.09. The van der Waals surface area contributed by atoms with Crippen molar-refractivity contribution in [3.63, 3.8) is 0 Å². The lowest BCUT2D eigenvalue weighted by Gasteiger charge is -2.14. The maximum absolute atomic E-state index is 14.0. The van der Waals surface area contributed by atoms with Gasteiger partial charge in [-0.15, -0.1) is 0 Å². The molecule has 0 aliphatic heterocycles. The van der Waals surface area contributed by atoms with Crippen molar-refractivity contribution in [1.82, 2.24) is 9.55 Å². The Labute approximate surface area is 129 Å². The van der Waals surface area contributed by atoms with E-state index in [9.17, 15) is 9.50 Å². The van der Waals surface area contributed by atoms with Gasteiger partial charge in [0.2, 0.25) is 0 Å². The number of aromatic nitrogens is 2. The van der Waals surface area contributed by atoms with Crippen molar-refractivity contribution in [1.29, 1.82) is 0 Å². The molecule has 1 atom stereocenters. The Kier molecular flexibility index (Phi) is 4.20. The fourth-order valence-electron chi connectivity index (χ4n) is 2.71. The number of para-hydroxylation sites is 2. The summed E-state index contributed by atoms with van der Waals surface area (Å²) >= 11 is 0. The molecule has 0 aliphatic carbocycles. The Morgan fingerprint density at radius 2 is 1.86 bits per heavy atom. The van der Waals surface area contributed by atoms with E-state index in [-0.39, 0.29) is 5.82 Å². The molecule has 0 aliphatic rings. The lowest BCUT2D eigenvalue weighted by atomic mass is 10.1. The Bertz CT molecular complexity index is 782. The first kappa shape index (κ1) is 14.7. The smallest absolute Gasteiger partial charge is 0.139 e. The minimum atomic E-state index is -0.635. The Hall–Kier alpha value is -2.20. The van der Waals surface area contributed by atoms with Crippen LogP contribution in [0.1, 0.15) is 37.3 Å². The molecule has 0 fully saturated rings. The zero-order valence-electron chi connectivity index (χ0n) is 12.5. The third-order valence-electron chi connectivity index (χ3n) is 3.83. The molecule has 0 saturated heterocycles. The monoisotopic (exact) mass is 298 g/mol. The summed E-state index contributed by atoms with van der Waals surface area (Å²) < 4.78 is 15.9. The van der Waals surface area contributed by atoms with Crippen LogP contribution < -0.4 is 0 Å². The SMILES string of the molecule is CCCC(O)c1nc2ccccc2n1Cc1ccccc1F. The van der Waals surface area contributed by atoms with E-state index in [0.29, 0.717) is 24.4 Å².